The molecule has 104 valence electrons. The van der Waals surface area contributed by atoms with Crippen molar-refractivity contribution in [2.24, 2.45) is 0 Å². The first kappa shape index (κ1) is 14.5. The molecule has 1 unspecified atom stereocenters. The van der Waals surface area contributed by atoms with E-state index in [0.29, 0.717) is 13.2 Å². The highest BCUT2D eigenvalue weighted by molar-refractivity contribution is 6.34. The summed E-state index contributed by atoms with van der Waals surface area (Å²) < 4.78 is 11.0. The average molecular weight is 306 g/mol. The number of hydrogen-bond acceptors (Lipinski definition) is 5. The fourth-order valence-corrected chi connectivity index (χ4v) is 2.00. The Hall–Kier alpha value is -0.950. The summed E-state index contributed by atoms with van der Waals surface area (Å²) >= 11 is 11.5. The SMILES string of the molecule is CC1(C)OCC(CNC(=O)c2cc(Cl)nnc2Cl)O1. The third-order valence-corrected chi connectivity index (χ3v) is 2.99. The second-order valence-electron chi connectivity index (χ2n) is 4.53. The molecule has 0 bridgehead atoms. The van der Waals surface area contributed by atoms with Crippen molar-refractivity contribution >= 4 is 29.1 Å². The number of nitrogens with zero attached hydrogens (tertiary/aromatic N) is 2. The van der Waals surface area contributed by atoms with Gasteiger partial charge in [0, 0.05) is 6.54 Å². The second-order valence-corrected chi connectivity index (χ2v) is 5.28. The molecule has 6 nitrogen and oxygen atoms in total. The first-order valence-corrected chi connectivity index (χ1v) is 6.42. The van der Waals surface area contributed by atoms with Crippen LogP contribution in [-0.4, -0.2) is 41.1 Å². The molecule has 8 heteroatoms. The van der Waals surface area contributed by atoms with Gasteiger partial charge in [0.15, 0.2) is 16.1 Å². The van der Waals surface area contributed by atoms with Crippen molar-refractivity contribution in [1.29, 1.82) is 0 Å². The Balaban J connectivity index is 1.93. The van der Waals surface area contributed by atoms with E-state index in [4.69, 9.17) is 32.7 Å². The van der Waals surface area contributed by atoms with Crippen LogP contribution < -0.4 is 5.32 Å². The molecule has 1 aliphatic heterocycles. The predicted octanol–water partition coefficient (Wildman–Crippen LogP) is 1.66. The minimum Gasteiger partial charge on any atom is -0.349 e. The van der Waals surface area contributed by atoms with Crippen LogP contribution in [0, 0.1) is 0 Å². The van der Waals surface area contributed by atoms with Gasteiger partial charge < -0.3 is 14.8 Å². The zero-order chi connectivity index (χ0) is 14.0. The number of halogens is 2. The highest BCUT2D eigenvalue weighted by Gasteiger charge is 2.32. The van der Waals surface area contributed by atoms with Crippen molar-refractivity contribution in [3.05, 3.63) is 21.9 Å². The van der Waals surface area contributed by atoms with Crippen LogP contribution in [0.1, 0.15) is 24.2 Å². The highest BCUT2D eigenvalue weighted by atomic mass is 35.5. The number of carbonyl (C=O) groups excluding carboxylic acids is 1. The largest absolute Gasteiger partial charge is 0.349 e. The van der Waals surface area contributed by atoms with Crippen molar-refractivity contribution in [3.63, 3.8) is 0 Å². The van der Waals surface area contributed by atoms with E-state index in [1.54, 1.807) is 0 Å². The molecule has 2 rings (SSSR count). The molecule has 1 aromatic heterocycles. The maximum atomic E-state index is 11.9. The lowest BCUT2D eigenvalue weighted by atomic mass is 10.3. The minimum atomic E-state index is -0.616. The molecule has 1 aliphatic rings. The number of aromatic nitrogens is 2. The van der Waals surface area contributed by atoms with Crippen LogP contribution in [0.25, 0.3) is 0 Å². The zero-order valence-electron chi connectivity index (χ0n) is 10.4. The van der Waals surface area contributed by atoms with Crippen LogP contribution in [0.4, 0.5) is 0 Å². The minimum absolute atomic E-state index is 0.00539. The van der Waals surface area contributed by atoms with E-state index in [1.807, 2.05) is 13.8 Å². The van der Waals surface area contributed by atoms with E-state index in [0.717, 1.165) is 0 Å². The molecule has 0 spiro atoms. The fraction of sp³-hybridized carbons (Fsp3) is 0.545. The zero-order valence-corrected chi connectivity index (χ0v) is 12.0. The van der Waals surface area contributed by atoms with E-state index >= 15 is 0 Å². The van der Waals surface area contributed by atoms with Crippen molar-refractivity contribution in [1.82, 2.24) is 15.5 Å². The highest BCUT2D eigenvalue weighted by Crippen LogP contribution is 2.22. The first-order chi connectivity index (χ1) is 8.87. The molecule has 1 fully saturated rings. The number of ether oxygens (including phenoxy) is 2. The van der Waals surface area contributed by atoms with Gasteiger partial charge in [-0.15, -0.1) is 10.2 Å². The Labute approximate surface area is 120 Å². The lowest BCUT2D eigenvalue weighted by molar-refractivity contribution is -0.137. The van der Waals surface area contributed by atoms with Crippen molar-refractivity contribution in [2.45, 2.75) is 25.7 Å². The van der Waals surface area contributed by atoms with E-state index in [2.05, 4.69) is 15.5 Å². The summed E-state index contributed by atoms with van der Waals surface area (Å²) in [6.07, 6.45) is -0.192. The molecular weight excluding hydrogens is 293 g/mol. The van der Waals surface area contributed by atoms with Gasteiger partial charge in [-0.1, -0.05) is 23.2 Å². The maximum absolute atomic E-state index is 11.9. The number of amides is 1. The molecule has 1 aromatic rings. The monoisotopic (exact) mass is 305 g/mol. The number of nitrogens with one attached hydrogen (secondary N) is 1. The Morgan fingerprint density at radius 1 is 1.53 bits per heavy atom. The summed E-state index contributed by atoms with van der Waals surface area (Å²) in [6, 6.07) is 1.36. The Morgan fingerprint density at radius 2 is 2.26 bits per heavy atom. The Bertz CT molecular complexity index is 496. The molecule has 1 N–H and O–H groups in total. The molecule has 0 radical (unpaired) electrons. The van der Waals surface area contributed by atoms with Gasteiger partial charge in [0.25, 0.3) is 5.91 Å². The van der Waals surface area contributed by atoms with Gasteiger partial charge in [-0.05, 0) is 19.9 Å². The Morgan fingerprint density at radius 3 is 2.89 bits per heavy atom. The van der Waals surface area contributed by atoms with Gasteiger partial charge in [0.05, 0.1) is 12.2 Å². The van der Waals surface area contributed by atoms with Gasteiger partial charge >= 0.3 is 0 Å². The summed E-state index contributed by atoms with van der Waals surface area (Å²) in [6.45, 7) is 4.38. The molecule has 19 heavy (non-hydrogen) atoms. The third kappa shape index (κ3) is 3.76. The molecule has 1 atom stereocenters. The molecular formula is C11H13Cl2N3O3. The van der Waals surface area contributed by atoms with Crippen LogP contribution in [0.2, 0.25) is 10.3 Å². The normalized spacial score (nSPS) is 21.4. The van der Waals surface area contributed by atoms with Gasteiger partial charge in [0.1, 0.15) is 6.10 Å². The van der Waals surface area contributed by atoms with Gasteiger partial charge in [-0.25, -0.2) is 0 Å². The van der Waals surface area contributed by atoms with Gasteiger partial charge in [-0.2, -0.15) is 0 Å². The summed E-state index contributed by atoms with van der Waals surface area (Å²) in [5.41, 5.74) is 0.180. The molecule has 1 amide bonds. The molecule has 0 aliphatic carbocycles. The second kappa shape index (κ2) is 5.58. The van der Waals surface area contributed by atoms with Crippen molar-refractivity contribution in [2.75, 3.05) is 13.2 Å². The van der Waals surface area contributed by atoms with Gasteiger partial charge in [0.2, 0.25) is 0 Å². The topological polar surface area (TPSA) is 73.3 Å². The number of carbonyl (C=O) groups is 1. The smallest absolute Gasteiger partial charge is 0.254 e. The predicted molar refractivity (Wildman–Crippen MR) is 69.3 cm³/mol. The van der Waals surface area contributed by atoms with Crippen LogP contribution in [0.3, 0.4) is 0 Å². The van der Waals surface area contributed by atoms with Crippen LogP contribution in [-0.2, 0) is 9.47 Å². The lowest BCUT2D eigenvalue weighted by Gasteiger charge is -2.17. The fourth-order valence-electron chi connectivity index (χ4n) is 1.68. The summed E-state index contributed by atoms with van der Waals surface area (Å²) in [5, 5.41) is 9.91. The number of rotatable bonds is 3. The van der Waals surface area contributed by atoms with Crippen LogP contribution >= 0.6 is 23.2 Å². The Kier molecular flexibility index (Phi) is 4.25. The average Bonchev–Trinajstić information content (AvgIpc) is 2.69. The maximum Gasteiger partial charge on any atom is 0.254 e. The van der Waals surface area contributed by atoms with Crippen LogP contribution in [0.15, 0.2) is 6.07 Å². The standard InChI is InChI=1S/C11H13Cl2N3O3/c1-11(2)18-5-6(19-11)4-14-10(17)7-3-8(12)15-16-9(7)13/h3,6H,4-5H2,1-2H3,(H,14,17). The van der Waals surface area contributed by atoms with E-state index < -0.39 is 5.79 Å². The molecule has 0 aromatic carbocycles. The summed E-state index contributed by atoms with van der Waals surface area (Å²) in [4.78, 5) is 11.9. The van der Waals surface area contributed by atoms with E-state index in [-0.39, 0.29) is 27.9 Å². The number of hydrogen-bond donors (Lipinski definition) is 1. The third-order valence-electron chi connectivity index (χ3n) is 2.52. The molecule has 1 saturated heterocycles. The van der Waals surface area contributed by atoms with Crippen molar-refractivity contribution in [3.8, 4) is 0 Å². The molecule has 0 saturated carbocycles. The van der Waals surface area contributed by atoms with E-state index in [1.165, 1.54) is 6.07 Å². The van der Waals surface area contributed by atoms with E-state index in [9.17, 15) is 4.79 Å². The summed E-state index contributed by atoms with van der Waals surface area (Å²) in [7, 11) is 0. The molecule has 2 heterocycles. The first-order valence-electron chi connectivity index (χ1n) is 5.66. The lowest BCUT2D eigenvalue weighted by Crippen LogP contribution is -2.34. The van der Waals surface area contributed by atoms with Gasteiger partial charge in [-0.3, -0.25) is 4.79 Å². The summed E-state index contributed by atoms with van der Waals surface area (Å²) in [5.74, 6) is -0.996. The van der Waals surface area contributed by atoms with Crippen molar-refractivity contribution < 1.29 is 14.3 Å². The quantitative estimate of drug-likeness (QED) is 0.919. The van der Waals surface area contributed by atoms with Crippen LogP contribution in [0.5, 0.6) is 0 Å².